The van der Waals surface area contributed by atoms with Crippen molar-refractivity contribution < 1.29 is 18.7 Å². The highest BCUT2D eigenvalue weighted by Crippen LogP contribution is 2.23. The Morgan fingerprint density at radius 1 is 1.16 bits per heavy atom. The van der Waals surface area contributed by atoms with E-state index in [-0.39, 0.29) is 12.3 Å². The molecule has 0 spiro atoms. The van der Waals surface area contributed by atoms with Gasteiger partial charge in [0.2, 0.25) is 5.91 Å². The Kier molecular flexibility index (Phi) is 4.84. The van der Waals surface area contributed by atoms with E-state index in [0.717, 1.165) is 23.0 Å². The van der Waals surface area contributed by atoms with Gasteiger partial charge in [-0.25, -0.2) is 4.79 Å². The van der Waals surface area contributed by atoms with Gasteiger partial charge in [0.05, 0.1) is 25.4 Å². The Labute approximate surface area is 145 Å². The Bertz CT molecular complexity index is 926. The zero-order valence-corrected chi connectivity index (χ0v) is 14.2. The first-order chi connectivity index (χ1) is 12.1. The van der Waals surface area contributed by atoms with Crippen LogP contribution in [0.25, 0.3) is 11.0 Å². The number of anilines is 1. The molecule has 3 rings (SSSR count). The molecule has 1 aromatic heterocycles. The number of methoxy groups -OCH3 is 1. The number of aryl methyl sites for hydroxylation is 1. The predicted octanol–water partition coefficient (Wildman–Crippen LogP) is 3.96. The summed E-state index contributed by atoms with van der Waals surface area (Å²) in [6.07, 6.45) is 2.75. The quantitative estimate of drug-likeness (QED) is 0.716. The molecule has 0 saturated heterocycles. The average Bonchev–Trinajstić information content (AvgIpc) is 3.03. The first kappa shape index (κ1) is 16.8. The van der Waals surface area contributed by atoms with Crippen LogP contribution in [0.15, 0.2) is 53.1 Å². The third-order valence-electron chi connectivity index (χ3n) is 4.05. The minimum absolute atomic E-state index is 0.177. The van der Waals surface area contributed by atoms with Gasteiger partial charge in [-0.15, -0.1) is 0 Å². The maximum absolute atomic E-state index is 12.3. The maximum atomic E-state index is 12.3. The highest BCUT2D eigenvalue weighted by atomic mass is 16.5. The molecule has 0 atom stereocenters. The van der Waals surface area contributed by atoms with Crippen LogP contribution in [0.1, 0.15) is 28.4 Å². The number of benzene rings is 2. The van der Waals surface area contributed by atoms with Gasteiger partial charge >= 0.3 is 5.97 Å². The van der Waals surface area contributed by atoms with Crippen molar-refractivity contribution in [3.8, 4) is 0 Å². The summed E-state index contributed by atoms with van der Waals surface area (Å²) < 4.78 is 10.3. The smallest absolute Gasteiger partial charge is 0.337 e. The van der Waals surface area contributed by atoms with Crippen molar-refractivity contribution in [1.29, 1.82) is 0 Å². The van der Waals surface area contributed by atoms with Crippen LogP contribution >= 0.6 is 0 Å². The lowest BCUT2D eigenvalue weighted by Gasteiger charge is -2.06. The van der Waals surface area contributed by atoms with E-state index in [9.17, 15) is 9.59 Å². The second-order valence-corrected chi connectivity index (χ2v) is 5.74. The van der Waals surface area contributed by atoms with Crippen LogP contribution in [-0.2, 0) is 22.4 Å². The van der Waals surface area contributed by atoms with E-state index < -0.39 is 5.97 Å². The molecule has 0 aliphatic heterocycles. The van der Waals surface area contributed by atoms with Crippen LogP contribution in [0.2, 0.25) is 0 Å². The fourth-order valence-corrected chi connectivity index (χ4v) is 2.70. The molecule has 1 amide bonds. The topological polar surface area (TPSA) is 68.5 Å². The van der Waals surface area contributed by atoms with Gasteiger partial charge in [-0.3, -0.25) is 4.79 Å². The summed E-state index contributed by atoms with van der Waals surface area (Å²) in [4.78, 5) is 23.9. The lowest BCUT2D eigenvalue weighted by Crippen LogP contribution is -2.14. The van der Waals surface area contributed by atoms with Crippen molar-refractivity contribution in [2.75, 3.05) is 12.4 Å². The van der Waals surface area contributed by atoms with Crippen molar-refractivity contribution >= 4 is 28.5 Å². The summed E-state index contributed by atoms with van der Waals surface area (Å²) in [5.74, 6) is -0.618. The van der Waals surface area contributed by atoms with Crippen LogP contribution in [0, 0.1) is 0 Å². The second kappa shape index (κ2) is 7.21. The zero-order valence-electron chi connectivity index (χ0n) is 14.2. The van der Waals surface area contributed by atoms with Crippen molar-refractivity contribution in [2.45, 2.75) is 19.8 Å². The summed E-state index contributed by atoms with van der Waals surface area (Å²) in [6.45, 7) is 2.08. The maximum Gasteiger partial charge on any atom is 0.337 e. The van der Waals surface area contributed by atoms with E-state index in [1.54, 1.807) is 30.5 Å². The molecule has 0 radical (unpaired) electrons. The van der Waals surface area contributed by atoms with Crippen molar-refractivity contribution in [3.05, 3.63) is 65.4 Å². The zero-order chi connectivity index (χ0) is 17.8. The standard InChI is InChI=1S/C20H19NO4/c1-3-13-7-8-17-15(12-25-18(17)9-13)11-19(22)21-16-6-4-5-14(10-16)20(23)24-2/h4-10,12H,3,11H2,1-2H3,(H,21,22). The highest BCUT2D eigenvalue weighted by molar-refractivity contribution is 5.97. The molecule has 0 aliphatic rings. The molecule has 5 heteroatoms. The molecule has 25 heavy (non-hydrogen) atoms. The molecule has 2 aromatic carbocycles. The number of rotatable bonds is 5. The monoisotopic (exact) mass is 337 g/mol. The van der Waals surface area contributed by atoms with Crippen LogP contribution in [-0.4, -0.2) is 19.0 Å². The summed E-state index contributed by atoms with van der Waals surface area (Å²) in [5.41, 5.74) is 3.75. The van der Waals surface area contributed by atoms with Gasteiger partial charge in [-0.2, -0.15) is 0 Å². The minimum Gasteiger partial charge on any atom is -0.465 e. The van der Waals surface area contributed by atoms with Gasteiger partial charge in [-0.1, -0.05) is 25.1 Å². The molecule has 1 N–H and O–H groups in total. The summed E-state index contributed by atoms with van der Waals surface area (Å²) in [7, 11) is 1.32. The molecular weight excluding hydrogens is 318 g/mol. The predicted molar refractivity (Wildman–Crippen MR) is 95.7 cm³/mol. The molecule has 5 nitrogen and oxygen atoms in total. The summed E-state index contributed by atoms with van der Waals surface area (Å²) in [5, 5.41) is 3.74. The fraction of sp³-hybridized carbons (Fsp3) is 0.200. The van der Waals surface area contributed by atoms with Gasteiger partial charge < -0.3 is 14.5 Å². The van der Waals surface area contributed by atoms with Crippen molar-refractivity contribution in [2.24, 2.45) is 0 Å². The van der Waals surface area contributed by atoms with Gasteiger partial charge in [-0.05, 0) is 36.2 Å². The number of carbonyl (C=O) groups is 2. The molecule has 1 heterocycles. The average molecular weight is 337 g/mol. The Morgan fingerprint density at radius 2 is 2.00 bits per heavy atom. The number of ether oxygens (including phenoxy) is 1. The number of amides is 1. The number of carbonyl (C=O) groups excluding carboxylic acids is 2. The van der Waals surface area contributed by atoms with Gasteiger partial charge in [0.1, 0.15) is 5.58 Å². The number of nitrogens with one attached hydrogen (secondary N) is 1. The minimum atomic E-state index is -0.441. The fourth-order valence-electron chi connectivity index (χ4n) is 2.70. The van der Waals surface area contributed by atoms with E-state index >= 15 is 0 Å². The Morgan fingerprint density at radius 3 is 2.76 bits per heavy atom. The molecule has 0 aliphatic carbocycles. The summed E-state index contributed by atoms with van der Waals surface area (Å²) >= 11 is 0. The van der Waals surface area contributed by atoms with E-state index in [2.05, 4.69) is 17.0 Å². The van der Waals surface area contributed by atoms with Gasteiger partial charge in [0.25, 0.3) is 0 Å². The number of esters is 1. The van der Waals surface area contributed by atoms with Crippen molar-refractivity contribution in [1.82, 2.24) is 0 Å². The Hall–Kier alpha value is -3.08. The highest BCUT2D eigenvalue weighted by Gasteiger charge is 2.12. The van der Waals surface area contributed by atoms with Crippen LogP contribution in [0.5, 0.6) is 0 Å². The van der Waals surface area contributed by atoms with E-state index in [0.29, 0.717) is 11.3 Å². The largest absolute Gasteiger partial charge is 0.465 e. The van der Waals surface area contributed by atoms with Crippen LogP contribution in [0.4, 0.5) is 5.69 Å². The third-order valence-corrected chi connectivity index (χ3v) is 4.05. The molecule has 0 bridgehead atoms. The van der Waals surface area contributed by atoms with Crippen LogP contribution in [0.3, 0.4) is 0 Å². The summed E-state index contributed by atoms with van der Waals surface area (Å²) in [6, 6.07) is 12.7. The first-order valence-corrected chi connectivity index (χ1v) is 8.08. The second-order valence-electron chi connectivity index (χ2n) is 5.74. The van der Waals surface area contributed by atoms with E-state index in [4.69, 9.17) is 4.42 Å². The number of fused-ring (bicyclic) bond motifs is 1. The molecular formula is C20H19NO4. The van der Waals surface area contributed by atoms with Gasteiger partial charge in [0, 0.05) is 16.6 Å². The number of hydrogen-bond acceptors (Lipinski definition) is 4. The normalized spacial score (nSPS) is 10.6. The molecule has 0 unspecified atom stereocenters. The molecule has 0 saturated carbocycles. The van der Waals surface area contributed by atoms with E-state index in [1.807, 2.05) is 18.2 Å². The van der Waals surface area contributed by atoms with Crippen molar-refractivity contribution in [3.63, 3.8) is 0 Å². The number of hydrogen-bond donors (Lipinski definition) is 1. The SMILES string of the molecule is CCc1ccc2c(CC(=O)Nc3cccc(C(=O)OC)c3)coc2c1. The lowest BCUT2D eigenvalue weighted by atomic mass is 10.1. The Balaban J connectivity index is 1.74. The molecule has 128 valence electrons. The lowest BCUT2D eigenvalue weighted by molar-refractivity contribution is -0.115. The third kappa shape index (κ3) is 3.71. The molecule has 0 fully saturated rings. The van der Waals surface area contributed by atoms with Crippen LogP contribution < -0.4 is 5.32 Å². The van der Waals surface area contributed by atoms with E-state index in [1.165, 1.54) is 12.7 Å². The number of furan rings is 1. The van der Waals surface area contributed by atoms with Gasteiger partial charge in [0.15, 0.2) is 0 Å². The first-order valence-electron chi connectivity index (χ1n) is 8.08. The molecule has 3 aromatic rings.